The predicted molar refractivity (Wildman–Crippen MR) is 130 cm³/mol. The zero-order valence-corrected chi connectivity index (χ0v) is 18.8. The minimum atomic E-state index is 0.452. The number of aromatic nitrogens is 2. The van der Waals surface area contributed by atoms with Crippen molar-refractivity contribution >= 4 is 10.8 Å². The van der Waals surface area contributed by atoms with Crippen LogP contribution in [0.25, 0.3) is 10.8 Å². The third kappa shape index (κ3) is 5.75. The molecule has 5 nitrogen and oxygen atoms in total. The Morgan fingerprint density at radius 2 is 1.91 bits per heavy atom. The van der Waals surface area contributed by atoms with Crippen LogP contribution < -0.4 is 4.74 Å². The fourth-order valence-corrected chi connectivity index (χ4v) is 4.46. The molecule has 4 aromatic rings. The minimum Gasteiger partial charge on any atom is -0.487 e. The van der Waals surface area contributed by atoms with Crippen LogP contribution in [0.15, 0.2) is 85.3 Å². The summed E-state index contributed by atoms with van der Waals surface area (Å²) in [5.74, 6) is 1.38. The van der Waals surface area contributed by atoms with Crippen molar-refractivity contribution in [2.24, 2.45) is 5.92 Å². The predicted octanol–water partition coefficient (Wildman–Crippen LogP) is 4.90. The Morgan fingerprint density at radius 1 is 0.970 bits per heavy atom. The van der Waals surface area contributed by atoms with Crippen LogP contribution in [0, 0.1) is 5.92 Å². The minimum absolute atomic E-state index is 0.452. The van der Waals surface area contributed by atoms with Crippen LogP contribution in [-0.2, 0) is 24.3 Å². The summed E-state index contributed by atoms with van der Waals surface area (Å²) in [7, 11) is 0. The van der Waals surface area contributed by atoms with Crippen molar-refractivity contribution in [2.45, 2.75) is 19.6 Å². The van der Waals surface area contributed by atoms with Gasteiger partial charge in [-0.15, -0.1) is 0 Å². The monoisotopic (exact) mass is 439 g/mol. The molecule has 33 heavy (non-hydrogen) atoms. The van der Waals surface area contributed by atoms with Crippen molar-refractivity contribution in [3.05, 3.63) is 102 Å². The summed E-state index contributed by atoms with van der Waals surface area (Å²) in [4.78, 5) is 11.1. The Bertz CT molecular complexity index is 1180. The number of nitrogens with zero attached hydrogens (tertiary/aromatic N) is 3. The van der Waals surface area contributed by atoms with E-state index in [0.717, 1.165) is 50.7 Å². The van der Waals surface area contributed by atoms with Gasteiger partial charge in [-0.2, -0.15) is 0 Å². The molecule has 3 heterocycles. The standard InChI is InChI=1S/C28H29N3O2/c1-2-7-28(33-21-27-6-3-4-11-30-27)26(5-1)19-31-13-14-32-20-23(18-31)15-22-8-9-25-17-29-12-10-24(25)16-22/h1-12,16-17,23H,13-15,18-21H2/t23-/m0/s1. The highest BCUT2D eigenvalue weighted by molar-refractivity contribution is 5.82. The Morgan fingerprint density at radius 3 is 2.85 bits per heavy atom. The Kier molecular flexibility index (Phi) is 6.90. The van der Waals surface area contributed by atoms with Gasteiger partial charge in [0.2, 0.25) is 0 Å². The molecule has 168 valence electrons. The fourth-order valence-electron chi connectivity index (χ4n) is 4.46. The number of fused-ring (bicyclic) bond motifs is 1. The molecule has 1 fully saturated rings. The largest absolute Gasteiger partial charge is 0.487 e. The van der Waals surface area contributed by atoms with Crippen molar-refractivity contribution in [2.75, 3.05) is 26.3 Å². The lowest BCUT2D eigenvalue weighted by atomic mass is 9.97. The lowest BCUT2D eigenvalue weighted by molar-refractivity contribution is 0.121. The molecule has 5 rings (SSSR count). The molecule has 0 amide bonds. The number of hydrogen-bond donors (Lipinski definition) is 0. The number of pyridine rings is 2. The van der Waals surface area contributed by atoms with Crippen LogP contribution >= 0.6 is 0 Å². The number of hydrogen-bond acceptors (Lipinski definition) is 5. The second kappa shape index (κ2) is 10.6. The number of para-hydroxylation sites is 1. The number of benzene rings is 2. The molecule has 0 aliphatic carbocycles. The molecular weight excluding hydrogens is 410 g/mol. The van der Waals surface area contributed by atoms with Gasteiger partial charge in [0.05, 0.1) is 18.9 Å². The highest BCUT2D eigenvalue weighted by Crippen LogP contribution is 2.24. The van der Waals surface area contributed by atoms with Crippen molar-refractivity contribution in [1.82, 2.24) is 14.9 Å². The van der Waals surface area contributed by atoms with Gasteiger partial charge in [0, 0.05) is 49.2 Å². The smallest absolute Gasteiger partial charge is 0.130 e. The first-order valence-electron chi connectivity index (χ1n) is 11.6. The molecule has 0 saturated carbocycles. The van der Waals surface area contributed by atoms with Gasteiger partial charge in [0.25, 0.3) is 0 Å². The summed E-state index contributed by atoms with van der Waals surface area (Å²) in [5.41, 5.74) is 3.48. The number of ether oxygens (including phenoxy) is 2. The molecule has 5 heteroatoms. The molecule has 1 atom stereocenters. The van der Waals surface area contributed by atoms with Crippen molar-refractivity contribution in [3.63, 3.8) is 0 Å². The topological polar surface area (TPSA) is 47.5 Å². The highest BCUT2D eigenvalue weighted by atomic mass is 16.5. The van der Waals surface area contributed by atoms with E-state index in [2.05, 4.69) is 51.3 Å². The quantitative estimate of drug-likeness (QED) is 0.410. The van der Waals surface area contributed by atoms with E-state index in [1.165, 1.54) is 21.9 Å². The molecule has 1 aliphatic heterocycles. The summed E-state index contributed by atoms with van der Waals surface area (Å²) in [5, 5.41) is 2.43. The second-order valence-corrected chi connectivity index (χ2v) is 8.65. The average molecular weight is 440 g/mol. The van der Waals surface area contributed by atoms with Crippen LogP contribution in [0.3, 0.4) is 0 Å². The van der Waals surface area contributed by atoms with Gasteiger partial charge < -0.3 is 9.47 Å². The summed E-state index contributed by atoms with van der Waals surface area (Å²) >= 11 is 0. The van der Waals surface area contributed by atoms with Gasteiger partial charge in [-0.25, -0.2) is 0 Å². The fraction of sp³-hybridized carbons (Fsp3) is 0.286. The lowest BCUT2D eigenvalue weighted by Gasteiger charge is -2.24. The maximum atomic E-state index is 6.13. The van der Waals surface area contributed by atoms with Crippen molar-refractivity contribution < 1.29 is 9.47 Å². The van der Waals surface area contributed by atoms with E-state index >= 15 is 0 Å². The average Bonchev–Trinajstić information content (AvgIpc) is 3.09. The van der Waals surface area contributed by atoms with Crippen LogP contribution in [0.5, 0.6) is 5.75 Å². The maximum Gasteiger partial charge on any atom is 0.130 e. The van der Waals surface area contributed by atoms with E-state index in [9.17, 15) is 0 Å². The first-order chi connectivity index (χ1) is 16.3. The maximum absolute atomic E-state index is 6.13. The molecular formula is C28H29N3O2. The molecule has 0 radical (unpaired) electrons. The van der Waals surface area contributed by atoms with Crippen molar-refractivity contribution in [3.8, 4) is 5.75 Å². The van der Waals surface area contributed by atoms with Crippen LogP contribution in [0.4, 0.5) is 0 Å². The van der Waals surface area contributed by atoms with E-state index in [-0.39, 0.29) is 0 Å². The normalized spacial score (nSPS) is 17.0. The summed E-state index contributed by atoms with van der Waals surface area (Å²) in [6.45, 7) is 4.81. The first kappa shape index (κ1) is 21.6. The summed E-state index contributed by atoms with van der Waals surface area (Å²) < 4.78 is 12.1. The van der Waals surface area contributed by atoms with E-state index < -0.39 is 0 Å². The van der Waals surface area contributed by atoms with Crippen LogP contribution in [-0.4, -0.2) is 41.2 Å². The molecule has 1 aliphatic rings. The van der Waals surface area contributed by atoms with Gasteiger partial charge in [-0.3, -0.25) is 14.9 Å². The molecule has 2 aromatic heterocycles. The molecule has 0 unspecified atom stereocenters. The number of rotatable bonds is 7. The van der Waals surface area contributed by atoms with E-state index in [1.807, 2.05) is 42.7 Å². The zero-order valence-electron chi connectivity index (χ0n) is 18.8. The third-order valence-corrected chi connectivity index (χ3v) is 6.12. The third-order valence-electron chi connectivity index (χ3n) is 6.12. The van der Waals surface area contributed by atoms with Crippen molar-refractivity contribution in [1.29, 1.82) is 0 Å². The van der Waals surface area contributed by atoms with Crippen LogP contribution in [0.1, 0.15) is 16.8 Å². The van der Waals surface area contributed by atoms with E-state index in [4.69, 9.17) is 9.47 Å². The zero-order chi connectivity index (χ0) is 22.3. The summed E-state index contributed by atoms with van der Waals surface area (Å²) in [6, 6.07) is 23.0. The Hall–Kier alpha value is -3.28. The first-order valence-corrected chi connectivity index (χ1v) is 11.6. The lowest BCUT2D eigenvalue weighted by Crippen LogP contribution is -2.30. The highest BCUT2D eigenvalue weighted by Gasteiger charge is 2.20. The van der Waals surface area contributed by atoms with Gasteiger partial charge >= 0.3 is 0 Å². The molecule has 0 N–H and O–H groups in total. The Balaban J connectivity index is 1.25. The molecule has 1 saturated heterocycles. The van der Waals surface area contributed by atoms with E-state index in [0.29, 0.717) is 12.5 Å². The van der Waals surface area contributed by atoms with E-state index in [1.54, 1.807) is 6.20 Å². The second-order valence-electron chi connectivity index (χ2n) is 8.65. The summed E-state index contributed by atoms with van der Waals surface area (Å²) in [6.07, 6.45) is 6.58. The molecule has 2 aromatic carbocycles. The Labute approximate surface area is 195 Å². The van der Waals surface area contributed by atoms with Gasteiger partial charge in [-0.05, 0) is 47.6 Å². The van der Waals surface area contributed by atoms with Gasteiger partial charge in [0.1, 0.15) is 12.4 Å². The molecule has 0 spiro atoms. The van der Waals surface area contributed by atoms with Crippen LogP contribution in [0.2, 0.25) is 0 Å². The molecule has 0 bridgehead atoms. The van der Waals surface area contributed by atoms with Gasteiger partial charge in [0.15, 0.2) is 0 Å². The van der Waals surface area contributed by atoms with Gasteiger partial charge in [-0.1, -0.05) is 42.5 Å². The SMILES string of the molecule is c1ccc(COc2ccccc2CN2CCOC[C@@H](Cc3ccc4cnccc4c3)C2)nc1.